The molecule has 2 aliphatic heterocycles. The molecule has 7 heteroatoms. The minimum Gasteiger partial charge on any atom is -0.496 e. The number of ether oxygens (including phenoxy) is 2. The van der Waals surface area contributed by atoms with E-state index in [2.05, 4.69) is 4.90 Å². The number of carboxylic acids is 1. The molecule has 2 saturated heterocycles. The molecule has 130 valence electrons. The number of amides is 1. The fourth-order valence-electron chi connectivity index (χ4n) is 3.47. The maximum atomic E-state index is 13.2. The molecule has 2 heterocycles. The second-order valence-corrected chi connectivity index (χ2v) is 6.29. The third-order valence-corrected chi connectivity index (χ3v) is 4.87. The van der Waals surface area contributed by atoms with E-state index in [0.29, 0.717) is 24.2 Å². The van der Waals surface area contributed by atoms with E-state index in [1.54, 1.807) is 24.3 Å². The largest absolute Gasteiger partial charge is 0.496 e. The van der Waals surface area contributed by atoms with Gasteiger partial charge in [0.25, 0.3) is 5.91 Å². The predicted octanol–water partition coefficient (Wildman–Crippen LogP) is 1.04. The van der Waals surface area contributed by atoms with Crippen LogP contribution in [0.5, 0.6) is 5.75 Å². The number of aliphatic carboxylic acids is 1. The van der Waals surface area contributed by atoms with Crippen molar-refractivity contribution in [2.75, 3.05) is 33.9 Å². The van der Waals surface area contributed by atoms with E-state index in [4.69, 9.17) is 9.47 Å². The first-order chi connectivity index (χ1) is 11.5. The lowest BCUT2D eigenvalue weighted by atomic mass is 9.97. The summed E-state index contributed by atoms with van der Waals surface area (Å²) in [6.07, 6.45) is 1.18. The van der Waals surface area contributed by atoms with Crippen LogP contribution >= 0.6 is 0 Å². The van der Waals surface area contributed by atoms with Gasteiger partial charge in [-0.2, -0.15) is 0 Å². The molecule has 0 saturated carbocycles. The first-order valence-corrected chi connectivity index (χ1v) is 8.00. The normalized spacial score (nSPS) is 23.4. The molecule has 1 atom stereocenters. The lowest BCUT2D eigenvalue weighted by Gasteiger charge is -2.43. The van der Waals surface area contributed by atoms with Gasteiger partial charge in [0, 0.05) is 25.9 Å². The van der Waals surface area contributed by atoms with Crippen molar-refractivity contribution in [1.82, 2.24) is 9.80 Å². The van der Waals surface area contributed by atoms with Crippen LogP contribution in [-0.2, 0) is 9.53 Å². The Morgan fingerprint density at radius 2 is 1.96 bits per heavy atom. The Bertz CT molecular complexity index is 640. The fraction of sp³-hybridized carbons (Fsp3) is 0.529. The van der Waals surface area contributed by atoms with Crippen molar-refractivity contribution in [2.45, 2.75) is 24.6 Å². The summed E-state index contributed by atoms with van der Waals surface area (Å²) in [6, 6.07) is 5.88. The van der Waals surface area contributed by atoms with Crippen LogP contribution in [0.15, 0.2) is 24.3 Å². The number of likely N-dealkylation sites (tertiary alicyclic amines) is 1. The van der Waals surface area contributed by atoms with Gasteiger partial charge in [-0.3, -0.25) is 9.69 Å². The monoisotopic (exact) mass is 334 g/mol. The molecular formula is C17H22N2O5. The zero-order valence-electron chi connectivity index (χ0n) is 13.9. The van der Waals surface area contributed by atoms with Crippen molar-refractivity contribution < 1.29 is 24.2 Å². The number of hydrogen-bond acceptors (Lipinski definition) is 5. The minimum absolute atomic E-state index is 0.0138. The highest BCUT2D eigenvalue weighted by Crippen LogP contribution is 2.39. The van der Waals surface area contributed by atoms with E-state index in [1.165, 1.54) is 12.0 Å². The summed E-state index contributed by atoms with van der Waals surface area (Å²) in [5.41, 5.74) is -0.497. The zero-order valence-corrected chi connectivity index (χ0v) is 13.9. The summed E-state index contributed by atoms with van der Waals surface area (Å²) in [4.78, 5) is 28.4. The number of carbonyl (C=O) groups excluding carboxylic acids is 1. The van der Waals surface area contributed by atoms with Crippen molar-refractivity contribution in [2.24, 2.45) is 0 Å². The zero-order chi connectivity index (χ0) is 17.3. The van der Waals surface area contributed by atoms with Crippen molar-refractivity contribution in [1.29, 1.82) is 0 Å². The molecular weight excluding hydrogens is 312 g/mol. The minimum atomic E-state index is -1.05. The average Bonchev–Trinajstić information content (AvgIpc) is 2.96. The van der Waals surface area contributed by atoms with Gasteiger partial charge in [-0.15, -0.1) is 0 Å². The molecule has 1 N–H and O–H groups in total. The van der Waals surface area contributed by atoms with E-state index in [1.807, 2.05) is 7.05 Å². The number of benzene rings is 1. The van der Waals surface area contributed by atoms with Crippen LogP contribution in [0.25, 0.3) is 0 Å². The summed E-state index contributed by atoms with van der Waals surface area (Å²) in [5, 5.41) is 9.56. The molecule has 2 aliphatic rings. The molecule has 3 rings (SSSR count). The van der Waals surface area contributed by atoms with E-state index >= 15 is 0 Å². The van der Waals surface area contributed by atoms with Crippen LogP contribution in [-0.4, -0.2) is 72.4 Å². The Hall–Kier alpha value is -2.12. The molecule has 1 aromatic rings. The van der Waals surface area contributed by atoms with E-state index < -0.39 is 17.7 Å². The third-order valence-electron chi connectivity index (χ3n) is 4.87. The maximum Gasteiger partial charge on any atom is 0.328 e. The van der Waals surface area contributed by atoms with Gasteiger partial charge < -0.3 is 19.5 Å². The standard InChI is InChI=1S/C17H22N2O5/c1-18-9-7-17(8-10-18)19(13(11-24-17)16(21)22)15(20)12-5-3-4-6-14(12)23-2/h3-6,13H,7-11H2,1-2H3,(H,21,22)/t13-/m1/s1. The lowest BCUT2D eigenvalue weighted by Crippen LogP contribution is -2.57. The van der Waals surface area contributed by atoms with Crippen molar-refractivity contribution >= 4 is 11.9 Å². The number of piperidine rings is 1. The number of para-hydroxylation sites is 1. The summed E-state index contributed by atoms with van der Waals surface area (Å²) in [6.45, 7) is 1.52. The molecule has 2 fully saturated rings. The molecule has 1 spiro atoms. The molecule has 0 aliphatic carbocycles. The Morgan fingerprint density at radius 1 is 1.29 bits per heavy atom. The quantitative estimate of drug-likeness (QED) is 0.890. The highest BCUT2D eigenvalue weighted by atomic mass is 16.5. The van der Waals surface area contributed by atoms with Crippen LogP contribution in [0.2, 0.25) is 0 Å². The highest BCUT2D eigenvalue weighted by molar-refractivity contribution is 5.99. The van der Waals surface area contributed by atoms with Crippen LogP contribution in [0.3, 0.4) is 0 Å². The van der Waals surface area contributed by atoms with Crippen molar-refractivity contribution in [3.05, 3.63) is 29.8 Å². The van der Waals surface area contributed by atoms with Crippen molar-refractivity contribution in [3.63, 3.8) is 0 Å². The molecule has 24 heavy (non-hydrogen) atoms. The molecule has 0 radical (unpaired) electrons. The van der Waals surface area contributed by atoms with E-state index in [0.717, 1.165) is 13.1 Å². The molecule has 0 aromatic heterocycles. The molecule has 1 aromatic carbocycles. The average molecular weight is 334 g/mol. The number of rotatable bonds is 3. The smallest absolute Gasteiger partial charge is 0.328 e. The van der Waals surface area contributed by atoms with Gasteiger partial charge in [-0.25, -0.2) is 4.79 Å². The van der Waals surface area contributed by atoms with E-state index in [-0.39, 0.29) is 12.5 Å². The lowest BCUT2D eigenvalue weighted by molar-refractivity contribution is -0.143. The van der Waals surface area contributed by atoms with Gasteiger partial charge >= 0.3 is 5.97 Å². The number of carboxylic acid groups (broad SMARTS) is 1. The highest BCUT2D eigenvalue weighted by Gasteiger charge is 2.54. The third kappa shape index (κ3) is 2.74. The Kier molecular flexibility index (Phi) is 4.47. The van der Waals surface area contributed by atoms with Crippen LogP contribution < -0.4 is 4.74 Å². The number of hydrogen-bond donors (Lipinski definition) is 1. The summed E-state index contributed by atoms with van der Waals surface area (Å²) >= 11 is 0. The Morgan fingerprint density at radius 3 is 2.58 bits per heavy atom. The van der Waals surface area contributed by atoms with E-state index in [9.17, 15) is 14.7 Å². The van der Waals surface area contributed by atoms with Crippen LogP contribution in [0, 0.1) is 0 Å². The fourth-order valence-corrected chi connectivity index (χ4v) is 3.47. The van der Waals surface area contributed by atoms with Crippen LogP contribution in [0.1, 0.15) is 23.2 Å². The number of nitrogens with zero attached hydrogens (tertiary/aromatic N) is 2. The van der Waals surface area contributed by atoms with Gasteiger partial charge in [-0.1, -0.05) is 12.1 Å². The van der Waals surface area contributed by atoms with Gasteiger partial charge in [0.2, 0.25) is 0 Å². The Labute approximate surface area is 140 Å². The first kappa shape index (κ1) is 16.7. The van der Waals surface area contributed by atoms with Crippen LogP contribution in [0.4, 0.5) is 0 Å². The summed E-state index contributed by atoms with van der Waals surface area (Å²) in [5.74, 6) is -0.974. The molecule has 7 nitrogen and oxygen atoms in total. The Balaban J connectivity index is 1.99. The molecule has 0 bridgehead atoms. The summed E-state index contributed by atoms with van der Waals surface area (Å²) < 4.78 is 11.2. The van der Waals surface area contributed by atoms with Gasteiger partial charge in [0.15, 0.2) is 6.04 Å². The number of carbonyl (C=O) groups is 2. The second kappa shape index (κ2) is 6.41. The van der Waals surface area contributed by atoms with Gasteiger partial charge in [-0.05, 0) is 19.2 Å². The van der Waals surface area contributed by atoms with Crippen molar-refractivity contribution in [3.8, 4) is 5.75 Å². The summed E-state index contributed by atoms with van der Waals surface area (Å²) in [7, 11) is 3.50. The SMILES string of the molecule is COc1ccccc1C(=O)N1[C@@H](C(=O)O)COC12CCN(C)CC2. The first-order valence-electron chi connectivity index (χ1n) is 8.00. The second-order valence-electron chi connectivity index (χ2n) is 6.29. The topological polar surface area (TPSA) is 79.3 Å². The predicted molar refractivity (Wildman–Crippen MR) is 86.0 cm³/mol. The van der Waals surface area contributed by atoms with Gasteiger partial charge in [0.1, 0.15) is 11.5 Å². The van der Waals surface area contributed by atoms with Gasteiger partial charge in [0.05, 0.1) is 19.3 Å². The maximum absolute atomic E-state index is 13.2. The number of methoxy groups -OCH3 is 1. The molecule has 0 unspecified atom stereocenters. The molecule has 1 amide bonds.